The minimum absolute atomic E-state index is 0. The summed E-state index contributed by atoms with van der Waals surface area (Å²) >= 11 is -1.20. The number of benzene rings is 3. The van der Waals surface area contributed by atoms with E-state index in [1.807, 2.05) is 131 Å². The summed E-state index contributed by atoms with van der Waals surface area (Å²) in [5, 5.41) is 10.4. The average Bonchev–Trinajstić information content (AvgIpc) is 2.96. The first-order valence-corrected chi connectivity index (χ1v) is 25.4. The van der Waals surface area contributed by atoms with E-state index in [1.165, 1.54) is 6.92 Å². The molecule has 3 aromatic carbocycles. The van der Waals surface area contributed by atoms with Crippen LogP contribution in [0.3, 0.4) is 0 Å². The third kappa shape index (κ3) is 27.1. The molecule has 1 N–H and O–H groups in total. The van der Waals surface area contributed by atoms with E-state index in [0.29, 0.717) is 18.6 Å². The maximum absolute atomic E-state index is 11.6. The second kappa shape index (κ2) is 27.9. The second-order valence-electron chi connectivity index (χ2n) is 11.1. The van der Waals surface area contributed by atoms with Crippen LogP contribution in [0.25, 0.3) is 0 Å². The fraction of sp³-hybridized carbons (Fsp3) is 0.361. The topological polar surface area (TPSA) is 62.5 Å². The normalized spacial score (nSPS) is 10.2. The summed E-state index contributed by atoms with van der Waals surface area (Å²) in [7, 11) is 17.3. The Kier molecular flexibility index (Phi) is 31.5. The molecular formula is C36H53Cl3Mo2NO3Si-2. The van der Waals surface area contributed by atoms with Gasteiger partial charge in [-0.2, -0.15) is 5.26 Å². The summed E-state index contributed by atoms with van der Waals surface area (Å²) in [4.78, 5) is 11.6. The van der Waals surface area contributed by atoms with Gasteiger partial charge in [0.15, 0.2) is 0 Å². The molecule has 0 atom stereocenters. The van der Waals surface area contributed by atoms with E-state index in [-0.39, 0.29) is 20.3 Å². The molecule has 0 aromatic heterocycles. The Bertz CT molecular complexity index is 1250. The standard InChI is InChI=1S/C18H16OSi.2C5H9.C4H10O2.C2H3N.2CH3.3ClH.2Mo/c19-20(16-10-4-1-5-11-16,17-12-6-2-7-13-17)18-14-8-3-9-15-18;2*1-5(2,3)4;1-5-3-4-6-2;1-2-3;;;;;;;/h1-15,19H;2*1-3H3;3-4H2,1-2H3;1H3;2*1H3;3*1H;;/q;;;;;2*-1;;;;;+3/p-3. The summed E-state index contributed by atoms with van der Waals surface area (Å²) in [6.45, 7) is 15.1. The van der Waals surface area contributed by atoms with Crippen molar-refractivity contribution < 1.29 is 45.7 Å². The van der Waals surface area contributed by atoms with Crippen LogP contribution < -0.4 is 15.6 Å². The van der Waals surface area contributed by atoms with Crippen LogP contribution in [0.2, 0.25) is 0 Å². The van der Waals surface area contributed by atoms with Crippen molar-refractivity contribution >= 4 is 52.1 Å². The Labute approximate surface area is 307 Å². The SMILES string of the molecule is CC#N.CC(C)(C)[C]#[Mo].CC(C)(C)[C]#[Mo]([Cl])([Cl])[Cl].COCCOC.O[Si](c1ccccc1)(c1ccccc1)c1ccccc1.[CH3-].[CH3-]. The van der Waals surface area contributed by atoms with E-state index < -0.39 is 20.6 Å². The fourth-order valence-corrected chi connectivity index (χ4v) is 11.9. The smallest absolute Gasteiger partial charge is 0.285 e. The van der Waals surface area contributed by atoms with Gasteiger partial charge < -0.3 is 29.1 Å². The maximum Gasteiger partial charge on any atom is 0.285 e. The molecule has 0 saturated carbocycles. The van der Waals surface area contributed by atoms with Crippen molar-refractivity contribution in [3.8, 4) is 14.5 Å². The first kappa shape index (κ1) is 51.9. The van der Waals surface area contributed by atoms with Gasteiger partial charge in [0.2, 0.25) is 0 Å². The number of methoxy groups -OCH3 is 2. The molecule has 259 valence electrons. The predicted molar refractivity (Wildman–Crippen MR) is 198 cm³/mol. The van der Waals surface area contributed by atoms with E-state index in [9.17, 15) is 4.80 Å². The van der Waals surface area contributed by atoms with Crippen molar-refractivity contribution in [3.05, 3.63) is 106 Å². The molecule has 0 bridgehead atoms. The maximum atomic E-state index is 11.6. The molecule has 0 aliphatic rings. The number of hydrogen-bond acceptors (Lipinski definition) is 4. The number of rotatable bonds is 6. The molecule has 3 aromatic rings. The van der Waals surface area contributed by atoms with Crippen LogP contribution in [0.4, 0.5) is 0 Å². The molecule has 0 spiro atoms. The van der Waals surface area contributed by atoms with Gasteiger partial charge >= 0.3 is 120 Å². The number of hydrogen-bond donors (Lipinski definition) is 1. The molecule has 0 radical (unpaired) electrons. The molecule has 0 heterocycles. The average molecular weight is 874 g/mol. The van der Waals surface area contributed by atoms with Crippen LogP contribution >= 0.6 is 28.3 Å². The molecular weight excluding hydrogens is 821 g/mol. The van der Waals surface area contributed by atoms with Crippen LogP contribution in [0.15, 0.2) is 91.0 Å². The van der Waals surface area contributed by atoms with Gasteiger partial charge in [0.1, 0.15) is 0 Å². The summed E-state index contributed by atoms with van der Waals surface area (Å²) < 4.78 is 15.4. The molecule has 10 heteroatoms. The van der Waals surface area contributed by atoms with Crippen LogP contribution in [0, 0.1) is 45.4 Å². The Morgan fingerprint density at radius 3 is 1.07 bits per heavy atom. The fourth-order valence-electron chi connectivity index (χ4n) is 3.05. The second-order valence-corrected chi connectivity index (χ2v) is 28.3. The number of ether oxygens (including phenoxy) is 2. The first-order chi connectivity index (χ1) is 20.4. The quantitative estimate of drug-likeness (QED) is 0.117. The van der Waals surface area contributed by atoms with Crippen molar-refractivity contribution in [3.63, 3.8) is 0 Å². The van der Waals surface area contributed by atoms with Gasteiger partial charge in [-0.3, -0.25) is 0 Å². The number of nitrogens with zero attached hydrogens (tertiary/aromatic N) is 1. The van der Waals surface area contributed by atoms with Crippen LogP contribution in [-0.2, 0) is 40.9 Å². The molecule has 46 heavy (non-hydrogen) atoms. The Hall–Kier alpha value is -0.946. The first-order valence-electron chi connectivity index (χ1n) is 13.7. The van der Waals surface area contributed by atoms with Gasteiger partial charge in [0.25, 0.3) is 8.32 Å². The molecule has 0 unspecified atom stereocenters. The zero-order valence-corrected chi connectivity index (χ0v) is 36.5. The summed E-state index contributed by atoms with van der Waals surface area (Å²) in [6.07, 6.45) is 0. The van der Waals surface area contributed by atoms with Gasteiger partial charge in [-0.15, -0.1) is 0 Å². The van der Waals surface area contributed by atoms with Crippen LogP contribution in [0.5, 0.6) is 0 Å². The summed E-state index contributed by atoms with van der Waals surface area (Å²) in [5.74, 6) is 0. The van der Waals surface area contributed by atoms with Crippen LogP contribution in [-0.4, -0.2) is 40.5 Å². The van der Waals surface area contributed by atoms with Gasteiger partial charge in [-0.05, 0) is 15.6 Å². The van der Waals surface area contributed by atoms with Crippen molar-refractivity contribution in [2.24, 2.45) is 10.8 Å². The minimum Gasteiger partial charge on any atom is -0.421 e. The van der Waals surface area contributed by atoms with Gasteiger partial charge in [0.05, 0.1) is 19.3 Å². The molecule has 0 amide bonds. The largest absolute Gasteiger partial charge is 0.421 e. The monoisotopic (exact) mass is 876 g/mol. The van der Waals surface area contributed by atoms with E-state index in [1.54, 1.807) is 20.3 Å². The molecule has 0 aliphatic carbocycles. The molecule has 4 nitrogen and oxygen atoms in total. The van der Waals surface area contributed by atoms with E-state index in [4.69, 9.17) is 33.5 Å². The van der Waals surface area contributed by atoms with Crippen molar-refractivity contribution in [2.45, 2.75) is 48.5 Å². The van der Waals surface area contributed by atoms with E-state index in [2.05, 4.69) is 38.6 Å². The minimum atomic E-state index is -3.10. The van der Waals surface area contributed by atoms with E-state index >= 15 is 0 Å². The van der Waals surface area contributed by atoms with Crippen molar-refractivity contribution in [1.82, 2.24) is 0 Å². The van der Waals surface area contributed by atoms with Gasteiger partial charge in [-0.25, -0.2) is 0 Å². The van der Waals surface area contributed by atoms with Crippen molar-refractivity contribution in [2.75, 3.05) is 27.4 Å². The number of halogens is 3. The molecule has 0 fully saturated rings. The summed E-state index contributed by atoms with van der Waals surface area (Å²) in [5.41, 5.74) is 0.219. The number of nitriles is 1. The Balaban J connectivity index is -0.000000285. The third-order valence-corrected chi connectivity index (χ3v) is 13.2. The predicted octanol–water partition coefficient (Wildman–Crippen LogP) is 8.50. The zero-order chi connectivity index (χ0) is 34.3. The molecule has 0 saturated heterocycles. The van der Waals surface area contributed by atoms with Gasteiger partial charge in [0, 0.05) is 21.1 Å². The third-order valence-electron chi connectivity index (χ3n) is 4.79. The zero-order valence-electron chi connectivity index (χ0n) is 29.2. The molecule has 3 rings (SSSR count). The Morgan fingerprint density at radius 2 is 0.935 bits per heavy atom. The van der Waals surface area contributed by atoms with Crippen molar-refractivity contribution in [1.29, 1.82) is 5.26 Å². The molecule has 0 aliphatic heterocycles. The van der Waals surface area contributed by atoms with Gasteiger partial charge in [-0.1, -0.05) is 91.0 Å². The van der Waals surface area contributed by atoms with E-state index in [0.717, 1.165) is 15.6 Å². The summed E-state index contributed by atoms with van der Waals surface area (Å²) in [6, 6.07) is 31.7. The van der Waals surface area contributed by atoms with Crippen LogP contribution in [0.1, 0.15) is 48.5 Å². The Morgan fingerprint density at radius 1 is 0.696 bits per heavy atom.